The van der Waals surface area contributed by atoms with Crippen LogP contribution in [0, 0.1) is 20.8 Å². The van der Waals surface area contributed by atoms with Crippen LogP contribution < -0.4 is 15.8 Å². The van der Waals surface area contributed by atoms with Gasteiger partial charge in [0.15, 0.2) is 0 Å². The van der Waals surface area contributed by atoms with Gasteiger partial charge in [-0.2, -0.15) is 0 Å². The molecule has 0 aliphatic carbocycles. The van der Waals surface area contributed by atoms with Gasteiger partial charge in [-0.15, -0.1) is 0 Å². The monoisotopic (exact) mass is 264 g/mol. The second kappa shape index (κ2) is 5.61. The lowest BCUT2D eigenvalue weighted by Crippen LogP contribution is -2.36. The summed E-state index contributed by atoms with van der Waals surface area (Å²) in [6, 6.07) is 2.04. The average molecular weight is 264 g/mol. The highest BCUT2D eigenvalue weighted by Crippen LogP contribution is 2.34. The molecule has 0 bridgehead atoms. The van der Waals surface area contributed by atoms with Crippen LogP contribution in [0.1, 0.15) is 37.0 Å². The quantitative estimate of drug-likeness (QED) is 0.878. The number of anilines is 1. The van der Waals surface area contributed by atoms with E-state index in [0.717, 1.165) is 28.1 Å². The van der Waals surface area contributed by atoms with Crippen LogP contribution in [-0.4, -0.2) is 18.6 Å². The minimum Gasteiger partial charge on any atom is -0.494 e. The molecule has 0 heterocycles. The van der Waals surface area contributed by atoms with Gasteiger partial charge < -0.3 is 15.8 Å². The van der Waals surface area contributed by atoms with E-state index in [2.05, 4.69) is 5.32 Å². The van der Waals surface area contributed by atoms with Crippen LogP contribution in [0.5, 0.6) is 5.75 Å². The fraction of sp³-hybridized carbons (Fsp3) is 0.533. The number of nitrogens with one attached hydrogen (secondary N) is 1. The lowest BCUT2D eigenvalue weighted by atomic mass is 10.0. The van der Waals surface area contributed by atoms with Crippen LogP contribution in [0.2, 0.25) is 0 Å². The molecular formula is C15H24N2O2. The molecule has 3 N–H and O–H groups in total. The Hall–Kier alpha value is -1.55. The molecule has 19 heavy (non-hydrogen) atoms. The van der Waals surface area contributed by atoms with Gasteiger partial charge in [-0.05, 0) is 51.3 Å². The molecule has 0 aliphatic rings. The largest absolute Gasteiger partial charge is 0.494 e. The topological polar surface area (TPSA) is 64.3 Å². The van der Waals surface area contributed by atoms with E-state index in [4.69, 9.17) is 10.5 Å². The number of rotatable bonds is 4. The molecule has 1 amide bonds. The van der Waals surface area contributed by atoms with E-state index in [1.54, 1.807) is 7.11 Å². The third kappa shape index (κ3) is 3.96. The number of amides is 1. The molecule has 4 heteroatoms. The molecule has 0 saturated carbocycles. The third-order valence-corrected chi connectivity index (χ3v) is 3.07. The van der Waals surface area contributed by atoms with Crippen molar-refractivity contribution in [3.63, 3.8) is 0 Å². The van der Waals surface area contributed by atoms with E-state index >= 15 is 0 Å². The Kier molecular flexibility index (Phi) is 4.58. The predicted molar refractivity (Wildman–Crippen MR) is 78.7 cm³/mol. The summed E-state index contributed by atoms with van der Waals surface area (Å²) < 4.78 is 5.42. The van der Waals surface area contributed by atoms with Gasteiger partial charge >= 0.3 is 0 Å². The van der Waals surface area contributed by atoms with Crippen molar-refractivity contribution in [2.45, 2.75) is 46.6 Å². The smallest absolute Gasteiger partial charge is 0.226 e. The number of aryl methyl sites for hydroxylation is 2. The Balaban J connectivity index is 3.08. The van der Waals surface area contributed by atoms with Gasteiger partial charge in [0.2, 0.25) is 5.91 Å². The van der Waals surface area contributed by atoms with Crippen molar-refractivity contribution in [3.05, 3.63) is 22.8 Å². The zero-order valence-corrected chi connectivity index (χ0v) is 12.7. The number of ether oxygens (including phenoxy) is 1. The summed E-state index contributed by atoms with van der Waals surface area (Å²) in [6.45, 7) is 9.63. The summed E-state index contributed by atoms with van der Waals surface area (Å²) in [4.78, 5) is 12.0. The van der Waals surface area contributed by atoms with Crippen molar-refractivity contribution in [1.29, 1.82) is 0 Å². The van der Waals surface area contributed by atoms with Crippen molar-refractivity contribution in [2.24, 2.45) is 5.73 Å². The fourth-order valence-electron chi connectivity index (χ4n) is 2.06. The van der Waals surface area contributed by atoms with Gasteiger partial charge in [-0.1, -0.05) is 6.07 Å². The molecule has 0 fully saturated rings. The van der Waals surface area contributed by atoms with Gasteiger partial charge in [-0.3, -0.25) is 4.79 Å². The number of nitrogens with two attached hydrogens (primary N) is 1. The van der Waals surface area contributed by atoms with E-state index in [0.29, 0.717) is 0 Å². The van der Waals surface area contributed by atoms with Crippen molar-refractivity contribution in [2.75, 3.05) is 12.4 Å². The molecule has 1 aromatic rings. The molecule has 1 aromatic carbocycles. The van der Waals surface area contributed by atoms with Crippen LogP contribution in [0.3, 0.4) is 0 Å². The van der Waals surface area contributed by atoms with Crippen molar-refractivity contribution >= 4 is 11.6 Å². The van der Waals surface area contributed by atoms with Gasteiger partial charge in [0.05, 0.1) is 12.8 Å². The summed E-state index contributed by atoms with van der Waals surface area (Å²) in [5.41, 5.74) is 9.25. The van der Waals surface area contributed by atoms with Crippen LogP contribution in [0.25, 0.3) is 0 Å². The summed E-state index contributed by atoms with van der Waals surface area (Å²) >= 11 is 0. The van der Waals surface area contributed by atoms with Gasteiger partial charge in [-0.25, -0.2) is 0 Å². The highest BCUT2D eigenvalue weighted by Gasteiger charge is 2.19. The Morgan fingerprint density at radius 2 is 1.89 bits per heavy atom. The molecule has 0 aliphatic heterocycles. The number of hydrogen-bond acceptors (Lipinski definition) is 3. The number of methoxy groups -OCH3 is 1. The van der Waals surface area contributed by atoms with Crippen LogP contribution in [0.15, 0.2) is 6.07 Å². The Bertz CT molecular complexity index is 488. The van der Waals surface area contributed by atoms with Crippen LogP contribution >= 0.6 is 0 Å². The first-order chi connectivity index (χ1) is 8.65. The van der Waals surface area contributed by atoms with Crippen LogP contribution in [0.4, 0.5) is 5.69 Å². The van der Waals surface area contributed by atoms with Gasteiger partial charge in [0.25, 0.3) is 0 Å². The number of benzene rings is 1. The molecular weight excluding hydrogens is 240 g/mol. The summed E-state index contributed by atoms with van der Waals surface area (Å²) in [5, 5.41) is 2.91. The normalized spacial score (nSPS) is 11.3. The molecule has 0 unspecified atom stereocenters. The first-order valence-electron chi connectivity index (χ1n) is 6.39. The standard InChI is InChI=1S/C15H24N2O2/c1-9-7-10(2)13(14(19-6)11(9)3)17-12(18)8-15(4,5)16/h7H,8,16H2,1-6H3,(H,17,18). The van der Waals surface area contributed by atoms with E-state index in [9.17, 15) is 4.79 Å². The SMILES string of the molecule is COc1c(C)c(C)cc(C)c1NC(=O)CC(C)(C)N. The van der Waals surface area contributed by atoms with Gasteiger partial charge in [0, 0.05) is 12.0 Å². The van der Waals surface area contributed by atoms with E-state index < -0.39 is 5.54 Å². The van der Waals surface area contributed by atoms with Gasteiger partial charge in [0.1, 0.15) is 5.75 Å². The maximum absolute atomic E-state index is 12.0. The highest BCUT2D eigenvalue weighted by molar-refractivity contribution is 5.94. The Morgan fingerprint density at radius 3 is 2.37 bits per heavy atom. The van der Waals surface area contributed by atoms with Crippen molar-refractivity contribution in [3.8, 4) is 5.75 Å². The summed E-state index contributed by atoms with van der Waals surface area (Å²) in [6.07, 6.45) is 0.266. The molecule has 0 radical (unpaired) electrons. The minimum atomic E-state index is -0.523. The number of hydrogen-bond donors (Lipinski definition) is 2. The maximum atomic E-state index is 12.0. The average Bonchev–Trinajstić information content (AvgIpc) is 2.23. The number of carbonyl (C=O) groups is 1. The zero-order valence-electron chi connectivity index (χ0n) is 12.7. The second-order valence-electron chi connectivity index (χ2n) is 5.76. The van der Waals surface area contributed by atoms with E-state index in [1.807, 2.05) is 40.7 Å². The fourth-order valence-corrected chi connectivity index (χ4v) is 2.06. The van der Waals surface area contributed by atoms with Crippen molar-refractivity contribution < 1.29 is 9.53 Å². The van der Waals surface area contributed by atoms with Crippen molar-refractivity contribution in [1.82, 2.24) is 0 Å². The third-order valence-electron chi connectivity index (χ3n) is 3.07. The summed E-state index contributed by atoms with van der Waals surface area (Å²) in [7, 11) is 1.61. The Morgan fingerprint density at radius 1 is 1.32 bits per heavy atom. The molecule has 0 spiro atoms. The first kappa shape index (κ1) is 15.5. The lowest BCUT2D eigenvalue weighted by molar-refractivity contribution is -0.117. The Labute approximate surface area is 115 Å². The molecule has 1 rings (SSSR count). The molecule has 0 atom stereocenters. The maximum Gasteiger partial charge on any atom is 0.226 e. The minimum absolute atomic E-state index is 0.0999. The first-order valence-corrected chi connectivity index (χ1v) is 6.39. The highest BCUT2D eigenvalue weighted by atomic mass is 16.5. The summed E-state index contributed by atoms with van der Waals surface area (Å²) in [5.74, 6) is 0.623. The van der Waals surface area contributed by atoms with E-state index in [-0.39, 0.29) is 12.3 Å². The zero-order chi connectivity index (χ0) is 14.8. The van der Waals surface area contributed by atoms with E-state index in [1.165, 1.54) is 0 Å². The predicted octanol–water partition coefficient (Wildman–Crippen LogP) is 2.69. The number of carbonyl (C=O) groups excluding carboxylic acids is 1. The molecule has 106 valence electrons. The molecule has 0 saturated heterocycles. The lowest BCUT2D eigenvalue weighted by Gasteiger charge is -2.20. The second-order valence-corrected chi connectivity index (χ2v) is 5.76. The molecule has 0 aromatic heterocycles. The molecule has 4 nitrogen and oxygen atoms in total. The van der Waals surface area contributed by atoms with Crippen LogP contribution in [-0.2, 0) is 4.79 Å².